The van der Waals surface area contributed by atoms with Crippen molar-refractivity contribution in [3.05, 3.63) is 111 Å². The van der Waals surface area contributed by atoms with Crippen molar-refractivity contribution in [3.8, 4) is 5.75 Å². The van der Waals surface area contributed by atoms with Crippen molar-refractivity contribution < 1.29 is 4.74 Å². The van der Waals surface area contributed by atoms with Crippen molar-refractivity contribution >= 4 is 16.6 Å². The molecule has 6 rings (SSSR count). The Morgan fingerprint density at radius 3 is 2.42 bits per heavy atom. The van der Waals surface area contributed by atoms with E-state index >= 15 is 0 Å². The van der Waals surface area contributed by atoms with Crippen LogP contribution in [0.2, 0.25) is 0 Å². The highest BCUT2D eigenvalue weighted by Crippen LogP contribution is 2.30. The lowest BCUT2D eigenvalue weighted by Crippen LogP contribution is -2.49. The largest absolute Gasteiger partial charge is 0.497 e. The van der Waals surface area contributed by atoms with Gasteiger partial charge in [-0.05, 0) is 77.4 Å². The minimum Gasteiger partial charge on any atom is -0.497 e. The fourth-order valence-corrected chi connectivity index (χ4v) is 5.69. The maximum atomic E-state index is 13.7. The highest BCUT2D eigenvalue weighted by Gasteiger charge is 2.33. The van der Waals surface area contributed by atoms with Crippen LogP contribution < -0.4 is 15.2 Å². The molecule has 9 nitrogen and oxygen atoms in total. The number of benzene rings is 3. The van der Waals surface area contributed by atoms with Crippen LogP contribution in [-0.2, 0) is 6.54 Å². The van der Waals surface area contributed by atoms with Gasteiger partial charge in [0.2, 0.25) is 0 Å². The van der Waals surface area contributed by atoms with Crippen molar-refractivity contribution in [2.75, 3.05) is 38.2 Å². The molecule has 1 N–H and O–H groups in total. The van der Waals surface area contributed by atoms with Crippen LogP contribution in [0.25, 0.3) is 10.9 Å². The molecule has 0 spiro atoms. The van der Waals surface area contributed by atoms with Crippen LogP contribution in [0.1, 0.15) is 34.1 Å². The summed E-state index contributed by atoms with van der Waals surface area (Å²) < 4.78 is 7.12. The van der Waals surface area contributed by atoms with Gasteiger partial charge in [-0.15, -0.1) is 5.10 Å². The van der Waals surface area contributed by atoms with Crippen molar-refractivity contribution in [1.82, 2.24) is 30.1 Å². The molecule has 9 heteroatoms. The number of rotatable bonds is 7. The lowest BCUT2D eigenvalue weighted by atomic mass is 9.99. The SMILES string of the molecule is COc1ccc(Cn2nnnc2[C@@H](c2cc3c(C)cc(C)cc3[nH]c2=O)N2CCN(c3ccccc3)CC2)cc1. The first-order chi connectivity index (χ1) is 19.5. The zero-order valence-electron chi connectivity index (χ0n) is 23.0. The number of pyridine rings is 1. The van der Waals surface area contributed by atoms with E-state index in [1.54, 1.807) is 7.11 Å². The molecule has 3 aromatic carbocycles. The Morgan fingerprint density at radius 2 is 1.70 bits per heavy atom. The number of fused-ring (bicyclic) bond motifs is 1. The molecule has 2 aromatic heterocycles. The Labute approximate surface area is 233 Å². The number of nitrogens with zero attached hydrogens (tertiary/aromatic N) is 6. The second-order valence-electron chi connectivity index (χ2n) is 10.4. The molecule has 0 unspecified atom stereocenters. The van der Waals surface area contributed by atoms with E-state index in [1.807, 2.05) is 54.1 Å². The van der Waals surface area contributed by atoms with Gasteiger partial charge in [-0.25, -0.2) is 4.68 Å². The molecular weight excluding hydrogens is 502 g/mol. The summed E-state index contributed by atoms with van der Waals surface area (Å²) in [5.41, 5.74) is 5.86. The van der Waals surface area contributed by atoms with Crippen molar-refractivity contribution in [2.45, 2.75) is 26.4 Å². The number of anilines is 1. The summed E-state index contributed by atoms with van der Waals surface area (Å²) in [4.78, 5) is 21.5. The first-order valence-electron chi connectivity index (χ1n) is 13.6. The first-order valence-corrected chi connectivity index (χ1v) is 13.6. The van der Waals surface area contributed by atoms with Gasteiger partial charge in [0, 0.05) is 48.3 Å². The molecule has 40 heavy (non-hydrogen) atoms. The van der Waals surface area contributed by atoms with Gasteiger partial charge in [0.05, 0.1) is 13.7 Å². The zero-order chi connectivity index (χ0) is 27.6. The molecule has 0 aliphatic carbocycles. The third-order valence-electron chi connectivity index (χ3n) is 7.73. The number of ether oxygens (including phenoxy) is 1. The van der Waals surface area contributed by atoms with Crippen molar-refractivity contribution in [1.29, 1.82) is 0 Å². The predicted octanol–water partition coefficient (Wildman–Crippen LogP) is 4.10. The van der Waals surface area contributed by atoms with Gasteiger partial charge in [0.15, 0.2) is 5.82 Å². The number of para-hydroxylation sites is 1. The monoisotopic (exact) mass is 535 g/mol. The quantitative estimate of drug-likeness (QED) is 0.336. The lowest BCUT2D eigenvalue weighted by molar-refractivity contribution is 0.200. The zero-order valence-corrected chi connectivity index (χ0v) is 23.0. The fourth-order valence-electron chi connectivity index (χ4n) is 5.69. The van der Waals surface area contributed by atoms with Crippen LogP contribution in [0.3, 0.4) is 0 Å². The number of hydrogen-bond acceptors (Lipinski definition) is 7. The minimum absolute atomic E-state index is 0.119. The maximum Gasteiger partial charge on any atom is 0.253 e. The molecule has 5 aromatic rings. The van der Waals surface area contributed by atoms with Gasteiger partial charge in [-0.1, -0.05) is 36.4 Å². The van der Waals surface area contributed by atoms with Crippen molar-refractivity contribution in [2.24, 2.45) is 0 Å². The van der Waals surface area contributed by atoms with Crippen LogP contribution in [0.5, 0.6) is 5.75 Å². The summed E-state index contributed by atoms with van der Waals surface area (Å²) in [6.07, 6.45) is 0. The number of H-pyrrole nitrogens is 1. The normalized spacial score (nSPS) is 14.9. The molecule has 0 saturated carbocycles. The van der Waals surface area contributed by atoms with E-state index in [0.29, 0.717) is 17.9 Å². The van der Waals surface area contributed by atoms with E-state index < -0.39 is 6.04 Å². The molecule has 0 radical (unpaired) electrons. The van der Waals surface area contributed by atoms with Gasteiger partial charge >= 0.3 is 0 Å². The maximum absolute atomic E-state index is 13.7. The second kappa shape index (κ2) is 10.9. The number of aromatic amines is 1. The number of methoxy groups -OCH3 is 1. The summed E-state index contributed by atoms with van der Waals surface area (Å²) >= 11 is 0. The lowest BCUT2D eigenvalue weighted by Gasteiger charge is -2.39. The topological polar surface area (TPSA) is 92.2 Å². The highest BCUT2D eigenvalue weighted by molar-refractivity contribution is 5.83. The Morgan fingerprint density at radius 1 is 0.950 bits per heavy atom. The number of nitrogens with one attached hydrogen (secondary N) is 1. The van der Waals surface area contributed by atoms with Crippen LogP contribution in [0, 0.1) is 13.8 Å². The molecule has 204 valence electrons. The molecule has 1 aliphatic heterocycles. The molecule has 1 fully saturated rings. The highest BCUT2D eigenvalue weighted by atomic mass is 16.5. The van der Waals surface area contributed by atoms with Crippen LogP contribution >= 0.6 is 0 Å². The van der Waals surface area contributed by atoms with Gasteiger partial charge < -0.3 is 14.6 Å². The molecule has 0 amide bonds. The van der Waals surface area contributed by atoms with E-state index in [-0.39, 0.29) is 5.56 Å². The van der Waals surface area contributed by atoms with Crippen LogP contribution in [0.4, 0.5) is 5.69 Å². The smallest absolute Gasteiger partial charge is 0.253 e. The molecule has 1 atom stereocenters. The summed E-state index contributed by atoms with van der Waals surface area (Å²) in [6.45, 7) is 7.81. The Bertz CT molecular complexity index is 1670. The summed E-state index contributed by atoms with van der Waals surface area (Å²) in [5.74, 6) is 1.45. The summed E-state index contributed by atoms with van der Waals surface area (Å²) in [6, 6.07) is 24.1. The third-order valence-corrected chi connectivity index (χ3v) is 7.73. The number of tetrazole rings is 1. The van der Waals surface area contributed by atoms with Gasteiger partial charge in [0.1, 0.15) is 11.8 Å². The van der Waals surface area contributed by atoms with E-state index in [4.69, 9.17) is 4.74 Å². The average Bonchev–Trinajstić information content (AvgIpc) is 3.42. The van der Waals surface area contributed by atoms with E-state index in [0.717, 1.165) is 59.5 Å². The summed E-state index contributed by atoms with van der Waals surface area (Å²) in [5, 5.41) is 14.0. The molecule has 0 bridgehead atoms. The fraction of sp³-hybridized carbons (Fsp3) is 0.290. The van der Waals surface area contributed by atoms with Gasteiger partial charge in [-0.2, -0.15) is 0 Å². The van der Waals surface area contributed by atoms with E-state index in [9.17, 15) is 4.79 Å². The minimum atomic E-state index is -0.403. The summed E-state index contributed by atoms with van der Waals surface area (Å²) in [7, 11) is 1.65. The van der Waals surface area contributed by atoms with E-state index in [1.165, 1.54) is 5.69 Å². The van der Waals surface area contributed by atoms with Crippen molar-refractivity contribution in [3.63, 3.8) is 0 Å². The van der Waals surface area contributed by atoms with Gasteiger partial charge in [-0.3, -0.25) is 9.69 Å². The molecule has 1 aliphatic rings. The molecule has 1 saturated heterocycles. The molecule has 3 heterocycles. The third kappa shape index (κ3) is 5.08. The second-order valence-corrected chi connectivity index (χ2v) is 10.4. The Kier molecular flexibility index (Phi) is 7.04. The standard InChI is InChI=1S/C31H33N7O2/c1-21-17-22(2)26-19-27(31(39)32-28(26)18-21)29(37-15-13-36(14-16-37)24-7-5-4-6-8-24)30-33-34-35-38(30)20-23-9-11-25(40-3)12-10-23/h4-12,17-19,29H,13-16,20H2,1-3H3,(H,32,39)/t29-/m1/s1. The molecular formula is C31H33N7O2. The predicted molar refractivity (Wildman–Crippen MR) is 156 cm³/mol. The van der Waals surface area contributed by atoms with Gasteiger partial charge in [0.25, 0.3) is 5.56 Å². The number of piperazine rings is 1. The Balaban J connectivity index is 1.40. The average molecular weight is 536 g/mol. The number of aryl methyl sites for hydroxylation is 2. The van der Waals surface area contributed by atoms with Crippen LogP contribution in [0.15, 0.2) is 77.6 Å². The Hall–Kier alpha value is -4.50. The van der Waals surface area contributed by atoms with Crippen LogP contribution in [-0.4, -0.2) is 63.4 Å². The number of aromatic nitrogens is 5. The first kappa shape index (κ1) is 25.8. The number of hydrogen-bond donors (Lipinski definition) is 1. The van der Waals surface area contributed by atoms with E-state index in [2.05, 4.69) is 67.6 Å².